The molecule has 1 amide bonds. The lowest BCUT2D eigenvalue weighted by Crippen LogP contribution is -2.37. The van der Waals surface area contributed by atoms with Crippen molar-refractivity contribution in [1.29, 1.82) is 0 Å². The molecule has 2 aromatic heterocycles. The molecule has 7 nitrogen and oxygen atoms in total. The van der Waals surface area contributed by atoms with Crippen LogP contribution in [0, 0.1) is 13.8 Å². The Morgan fingerprint density at radius 1 is 1.19 bits per heavy atom. The predicted octanol–water partition coefficient (Wildman–Crippen LogP) is 1.65. The molecule has 0 atom stereocenters. The van der Waals surface area contributed by atoms with E-state index in [0.717, 1.165) is 11.1 Å². The molecule has 0 spiro atoms. The maximum absolute atomic E-state index is 13.0. The highest BCUT2D eigenvalue weighted by atomic mass is 16.3. The summed E-state index contributed by atoms with van der Waals surface area (Å²) in [7, 11) is 1.68. The third kappa shape index (κ3) is 2.31. The number of hydrogen-bond donors (Lipinski definition) is 1. The monoisotopic (exact) mass is 352 g/mol. The zero-order chi connectivity index (χ0) is 18.6. The standard InChI is InChI=1S/C19H20N4O3/c1-11-5-4-6-13(9-11)10-23-18(25)14-15(12(2)20-23)22-8-7-21(3)19(26)16(22)17(14)24/h4-6,9,24H,7-8,10H2,1-3H3. The number of nitrogens with zero attached hydrogens (tertiary/aromatic N) is 4. The Balaban J connectivity index is 1.94. The van der Waals surface area contributed by atoms with Gasteiger partial charge in [0.25, 0.3) is 11.5 Å². The third-order valence-corrected chi connectivity index (χ3v) is 4.92. The molecule has 7 heteroatoms. The summed E-state index contributed by atoms with van der Waals surface area (Å²) in [5.74, 6) is -0.529. The first-order valence-electron chi connectivity index (χ1n) is 8.52. The fraction of sp³-hybridized carbons (Fsp3) is 0.316. The molecule has 1 aromatic carbocycles. The van der Waals surface area contributed by atoms with Gasteiger partial charge in [-0.3, -0.25) is 9.59 Å². The average Bonchev–Trinajstić information content (AvgIpc) is 2.90. The van der Waals surface area contributed by atoms with E-state index in [1.807, 2.05) is 31.2 Å². The minimum atomic E-state index is -0.387. The number of aromatic hydroxyl groups is 1. The van der Waals surface area contributed by atoms with Gasteiger partial charge in [-0.05, 0) is 19.4 Å². The van der Waals surface area contributed by atoms with Gasteiger partial charge in [0.15, 0.2) is 11.4 Å². The van der Waals surface area contributed by atoms with Crippen LogP contribution in [-0.2, 0) is 13.1 Å². The van der Waals surface area contributed by atoms with Gasteiger partial charge in [0.2, 0.25) is 0 Å². The smallest absolute Gasteiger partial charge is 0.280 e. The van der Waals surface area contributed by atoms with Crippen LogP contribution in [0.4, 0.5) is 0 Å². The first kappa shape index (κ1) is 16.4. The molecule has 0 radical (unpaired) electrons. The van der Waals surface area contributed by atoms with Gasteiger partial charge in [0.1, 0.15) is 5.39 Å². The number of amides is 1. The largest absolute Gasteiger partial charge is 0.505 e. The van der Waals surface area contributed by atoms with E-state index in [-0.39, 0.29) is 28.3 Å². The van der Waals surface area contributed by atoms with E-state index in [1.54, 1.807) is 23.4 Å². The molecule has 0 saturated carbocycles. The van der Waals surface area contributed by atoms with E-state index in [1.165, 1.54) is 4.68 Å². The number of rotatable bonds is 2. The van der Waals surface area contributed by atoms with Crippen molar-refractivity contribution >= 4 is 16.8 Å². The van der Waals surface area contributed by atoms with Gasteiger partial charge in [-0.25, -0.2) is 4.68 Å². The van der Waals surface area contributed by atoms with Gasteiger partial charge < -0.3 is 14.6 Å². The lowest BCUT2D eigenvalue weighted by atomic mass is 10.1. The Kier molecular flexibility index (Phi) is 3.61. The van der Waals surface area contributed by atoms with Gasteiger partial charge in [0, 0.05) is 20.1 Å². The van der Waals surface area contributed by atoms with Gasteiger partial charge in [0.05, 0.1) is 17.8 Å². The van der Waals surface area contributed by atoms with Crippen LogP contribution in [-0.4, -0.2) is 43.9 Å². The number of hydrogen-bond acceptors (Lipinski definition) is 4. The van der Waals surface area contributed by atoms with Crippen molar-refractivity contribution in [3.8, 4) is 5.75 Å². The third-order valence-electron chi connectivity index (χ3n) is 4.92. The lowest BCUT2D eigenvalue weighted by molar-refractivity contribution is 0.0747. The molecule has 0 aliphatic carbocycles. The van der Waals surface area contributed by atoms with Crippen LogP contribution in [0.3, 0.4) is 0 Å². The summed E-state index contributed by atoms with van der Waals surface area (Å²) in [5.41, 5.74) is 3.00. The molecule has 0 saturated heterocycles. The van der Waals surface area contributed by atoms with Gasteiger partial charge in [-0.2, -0.15) is 5.10 Å². The van der Waals surface area contributed by atoms with Gasteiger partial charge in [-0.1, -0.05) is 29.8 Å². The quantitative estimate of drug-likeness (QED) is 0.761. The number of carbonyl (C=O) groups excluding carboxylic acids is 1. The van der Waals surface area contributed by atoms with E-state index in [0.29, 0.717) is 30.8 Å². The molecule has 0 fully saturated rings. The summed E-state index contributed by atoms with van der Waals surface area (Å²) < 4.78 is 3.07. The van der Waals surface area contributed by atoms with Crippen LogP contribution in [0.25, 0.3) is 10.9 Å². The fourth-order valence-electron chi connectivity index (χ4n) is 3.65. The van der Waals surface area contributed by atoms with Crippen LogP contribution in [0.15, 0.2) is 29.1 Å². The van der Waals surface area contributed by atoms with Crippen molar-refractivity contribution in [2.75, 3.05) is 13.6 Å². The maximum atomic E-state index is 13.0. The molecule has 134 valence electrons. The minimum absolute atomic E-state index is 0.170. The second-order valence-electron chi connectivity index (χ2n) is 6.84. The van der Waals surface area contributed by atoms with Crippen molar-refractivity contribution in [1.82, 2.24) is 19.2 Å². The number of likely N-dealkylation sites (N-methyl/N-ethyl adjacent to an activating group) is 1. The SMILES string of the molecule is Cc1cccc(Cn2nc(C)c3c(c(O)c4n3CCN(C)C4=O)c2=O)c1. The van der Waals surface area contributed by atoms with E-state index in [2.05, 4.69) is 5.10 Å². The van der Waals surface area contributed by atoms with Gasteiger partial charge >= 0.3 is 0 Å². The maximum Gasteiger partial charge on any atom is 0.280 e. The molecule has 3 aromatic rings. The molecular weight excluding hydrogens is 332 g/mol. The first-order chi connectivity index (χ1) is 12.4. The van der Waals surface area contributed by atoms with E-state index < -0.39 is 0 Å². The summed E-state index contributed by atoms with van der Waals surface area (Å²) >= 11 is 0. The lowest BCUT2D eigenvalue weighted by Gasteiger charge is -2.25. The van der Waals surface area contributed by atoms with Crippen LogP contribution in [0.1, 0.15) is 27.3 Å². The highest BCUT2D eigenvalue weighted by molar-refractivity contribution is 6.04. The van der Waals surface area contributed by atoms with Gasteiger partial charge in [-0.15, -0.1) is 0 Å². The summed E-state index contributed by atoms with van der Waals surface area (Å²) in [6.07, 6.45) is 0. The summed E-state index contributed by atoms with van der Waals surface area (Å²) in [6, 6.07) is 7.86. The van der Waals surface area contributed by atoms with Crippen molar-refractivity contribution in [2.24, 2.45) is 0 Å². The number of aromatic nitrogens is 3. The molecular formula is C19H20N4O3. The minimum Gasteiger partial charge on any atom is -0.505 e. The highest BCUT2D eigenvalue weighted by Crippen LogP contribution is 2.33. The topological polar surface area (TPSA) is 80.4 Å². The van der Waals surface area contributed by atoms with E-state index >= 15 is 0 Å². The Morgan fingerprint density at radius 3 is 2.69 bits per heavy atom. The van der Waals surface area contributed by atoms with Crippen molar-refractivity contribution < 1.29 is 9.90 Å². The fourth-order valence-corrected chi connectivity index (χ4v) is 3.65. The molecule has 1 N–H and O–H groups in total. The van der Waals surface area contributed by atoms with Crippen LogP contribution >= 0.6 is 0 Å². The summed E-state index contributed by atoms with van der Waals surface area (Å²) in [4.78, 5) is 27.0. The van der Waals surface area contributed by atoms with Crippen molar-refractivity contribution in [3.05, 3.63) is 57.1 Å². The van der Waals surface area contributed by atoms with Crippen molar-refractivity contribution in [2.45, 2.75) is 26.9 Å². The zero-order valence-electron chi connectivity index (χ0n) is 15.0. The number of benzene rings is 1. The Bertz CT molecular complexity index is 1110. The van der Waals surface area contributed by atoms with Crippen molar-refractivity contribution in [3.63, 3.8) is 0 Å². The molecule has 4 rings (SSSR count). The average molecular weight is 352 g/mol. The highest BCUT2D eigenvalue weighted by Gasteiger charge is 2.31. The normalized spacial score (nSPS) is 14.1. The summed E-state index contributed by atoms with van der Waals surface area (Å²) in [6.45, 7) is 5.15. The zero-order valence-corrected chi connectivity index (χ0v) is 15.0. The molecule has 1 aliphatic heterocycles. The van der Waals surface area contributed by atoms with Crippen LogP contribution < -0.4 is 5.56 Å². The van der Waals surface area contributed by atoms with E-state index in [9.17, 15) is 14.7 Å². The van der Waals surface area contributed by atoms with E-state index in [4.69, 9.17) is 0 Å². The molecule has 3 heterocycles. The van der Waals surface area contributed by atoms with Crippen LogP contribution in [0.2, 0.25) is 0 Å². The molecule has 1 aliphatic rings. The molecule has 0 bridgehead atoms. The molecule has 26 heavy (non-hydrogen) atoms. The Morgan fingerprint density at radius 2 is 1.96 bits per heavy atom. The number of aryl methyl sites for hydroxylation is 2. The Labute approximate surface area is 150 Å². The number of fused-ring (bicyclic) bond motifs is 3. The predicted molar refractivity (Wildman–Crippen MR) is 97.6 cm³/mol. The van der Waals surface area contributed by atoms with Crippen LogP contribution in [0.5, 0.6) is 5.75 Å². The number of carbonyl (C=O) groups is 1. The first-order valence-corrected chi connectivity index (χ1v) is 8.52. The summed E-state index contributed by atoms with van der Waals surface area (Å²) in [5, 5.41) is 15.3. The second kappa shape index (κ2) is 5.72. The molecule has 0 unspecified atom stereocenters. The second-order valence-corrected chi connectivity index (χ2v) is 6.84. The Hall–Kier alpha value is -3.09.